The number of hydrogen-bond acceptors (Lipinski definition) is 7. The molecule has 2 N–H and O–H groups in total. The van der Waals surface area contributed by atoms with E-state index in [1.165, 1.54) is 23.1 Å². The minimum Gasteiger partial charge on any atom is -0.301 e. The minimum absolute atomic E-state index is 0.183. The Kier molecular flexibility index (Phi) is 7.71. The van der Waals surface area contributed by atoms with Gasteiger partial charge in [0.1, 0.15) is 5.25 Å². The maximum atomic E-state index is 13.4. The molecule has 0 fully saturated rings. The summed E-state index contributed by atoms with van der Waals surface area (Å²) >= 11 is 4.38. The standard InChI is InChI=1S/C27H21N3O3S4/c31-26(29-27-28-23(18-35-27)24-12-7-17-34-24)25(19-8-3-1-4-9-19)36-21-15-13-20(14-16-21)30-37(32,33)22-10-5-2-6-11-22/h1-18,25,30H,(H,28,29,31). The van der Waals surface area contributed by atoms with Crippen LogP contribution < -0.4 is 10.0 Å². The summed E-state index contributed by atoms with van der Waals surface area (Å²) in [5, 5.41) is 6.91. The number of carbonyl (C=O) groups is 1. The normalized spacial score (nSPS) is 12.1. The fourth-order valence-corrected chi connectivity index (χ4v) is 7.07. The van der Waals surface area contributed by atoms with Crippen molar-refractivity contribution in [2.75, 3.05) is 10.0 Å². The van der Waals surface area contributed by atoms with Crippen LogP contribution in [0, 0.1) is 0 Å². The Labute approximate surface area is 227 Å². The van der Waals surface area contributed by atoms with Crippen LogP contribution in [0.4, 0.5) is 10.8 Å². The molecule has 2 heterocycles. The number of nitrogens with one attached hydrogen (secondary N) is 2. The zero-order valence-corrected chi connectivity index (χ0v) is 22.5. The zero-order valence-electron chi connectivity index (χ0n) is 19.3. The molecule has 37 heavy (non-hydrogen) atoms. The summed E-state index contributed by atoms with van der Waals surface area (Å²) < 4.78 is 27.8. The van der Waals surface area contributed by atoms with Crippen LogP contribution in [0.1, 0.15) is 10.8 Å². The lowest BCUT2D eigenvalue weighted by molar-refractivity contribution is -0.115. The number of thioether (sulfide) groups is 1. The number of benzene rings is 3. The summed E-state index contributed by atoms with van der Waals surface area (Å²) in [5.41, 5.74) is 2.14. The molecule has 0 saturated carbocycles. The van der Waals surface area contributed by atoms with E-state index in [2.05, 4.69) is 15.0 Å². The van der Waals surface area contributed by atoms with E-state index in [0.717, 1.165) is 21.0 Å². The molecule has 0 bridgehead atoms. The van der Waals surface area contributed by atoms with Gasteiger partial charge in [0.15, 0.2) is 5.13 Å². The minimum atomic E-state index is -3.68. The van der Waals surface area contributed by atoms with E-state index in [1.54, 1.807) is 65.9 Å². The van der Waals surface area contributed by atoms with Crippen LogP contribution >= 0.6 is 34.4 Å². The van der Waals surface area contributed by atoms with E-state index in [4.69, 9.17) is 0 Å². The summed E-state index contributed by atoms with van der Waals surface area (Å²) in [6.07, 6.45) is 0. The smallest absolute Gasteiger partial charge is 0.261 e. The summed E-state index contributed by atoms with van der Waals surface area (Å²) in [6, 6.07) is 28.7. The largest absolute Gasteiger partial charge is 0.301 e. The first kappa shape index (κ1) is 25.2. The van der Waals surface area contributed by atoms with E-state index in [9.17, 15) is 13.2 Å². The number of amides is 1. The number of anilines is 2. The van der Waals surface area contributed by atoms with Crippen LogP contribution in [0.2, 0.25) is 0 Å². The summed E-state index contributed by atoms with van der Waals surface area (Å²) in [7, 11) is -3.68. The zero-order chi connectivity index (χ0) is 25.7. The number of aromatic nitrogens is 1. The highest BCUT2D eigenvalue weighted by Crippen LogP contribution is 2.37. The molecule has 0 aliphatic carbocycles. The molecule has 186 valence electrons. The lowest BCUT2D eigenvalue weighted by atomic mass is 10.1. The molecule has 5 aromatic rings. The number of thiazole rings is 1. The first-order chi connectivity index (χ1) is 18.0. The first-order valence-electron chi connectivity index (χ1n) is 11.2. The molecule has 0 spiro atoms. The molecular weight excluding hydrogens is 543 g/mol. The van der Waals surface area contributed by atoms with Crippen LogP contribution in [0.3, 0.4) is 0 Å². The molecule has 0 aliphatic heterocycles. The van der Waals surface area contributed by atoms with Crippen LogP contribution in [-0.4, -0.2) is 19.3 Å². The molecule has 1 atom stereocenters. The Hall–Kier alpha value is -3.44. The van der Waals surface area contributed by atoms with Gasteiger partial charge in [-0.3, -0.25) is 9.52 Å². The van der Waals surface area contributed by atoms with Gasteiger partial charge in [0.05, 0.1) is 15.5 Å². The van der Waals surface area contributed by atoms with E-state index in [-0.39, 0.29) is 10.8 Å². The third-order valence-corrected chi connectivity index (χ3v) is 9.58. The van der Waals surface area contributed by atoms with Gasteiger partial charge in [-0.15, -0.1) is 34.4 Å². The fourth-order valence-electron chi connectivity index (χ4n) is 3.49. The quantitative estimate of drug-likeness (QED) is 0.186. The first-order valence-corrected chi connectivity index (χ1v) is 15.3. The third-order valence-electron chi connectivity index (χ3n) is 5.26. The maximum absolute atomic E-state index is 13.4. The summed E-state index contributed by atoms with van der Waals surface area (Å²) in [4.78, 5) is 20.0. The van der Waals surface area contributed by atoms with E-state index in [0.29, 0.717) is 10.8 Å². The van der Waals surface area contributed by atoms with Gasteiger partial charge in [0.2, 0.25) is 5.91 Å². The molecule has 1 unspecified atom stereocenters. The second kappa shape index (κ2) is 11.3. The lowest BCUT2D eigenvalue weighted by Crippen LogP contribution is -2.19. The van der Waals surface area contributed by atoms with E-state index in [1.807, 2.05) is 53.2 Å². The Morgan fingerprint density at radius 1 is 0.838 bits per heavy atom. The van der Waals surface area contributed by atoms with Crippen LogP contribution in [-0.2, 0) is 14.8 Å². The van der Waals surface area contributed by atoms with Crippen LogP contribution in [0.25, 0.3) is 10.6 Å². The molecule has 5 rings (SSSR count). The molecule has 10 heteroatoms. The Balaban J connectivity index is 1.32. The summed E-state index contributed by atoms with van der Waals surface area (Å²) in [5.74, 6) is -0.183. The highest BCUT2D eigenvalue weighted by molar-refractivity contribution is 8.00. The van der Waals surface area contributed by atoms with Gasteiger partial charge in [0, 0.05) is 16.0 Å². The SMILES string of the molecule is O=C(Nc1nc(-c2cccs2)cs1)C(Sc1ccc(NS(=O)(=O)c2ccccc2)cc1)c1ccccc1. The highest BCUT2D eigenvalue weighted by atomic mass is 32.2. The number of nitrogens with zero attached hydrogens (tertiary/aromatic N) is 1. The van der Waals surface area contributed by atoms with Crippen LogP contribution in [0.5, 0.6) is 0 Å². The molecule has 2 aromatic heterocycles. The molecule has 0 aliphatic rings. The molecule has 6 nitrogen and oxygen atoms in total. The van der Waals surface area contributed by atoms with Crippen molar-refractivity contribution in [1.29, 1.82) is 0 Å². The van der Waals surface area contributed by atoms with Gasteiger partial charge in [-0.05, 0) is 53.4 Å². The lowest BCUT2D eigenvalue weighted by Gasteiger charge is -2.16. The second-order valence-electron chi connectivity index (χ2n) is 7.86. The van der Waals surface area contributed by atoms with Crippen molar-refractivity contribution in [3.63, 3.8) is 0 Å². The average molecular weight is 564 g/mol. The van der Waals surface area contributed by atoms with Gasteiger partial charge in [-0.2, -0.15) is 0 Å². The van der Waals surface area contributed by atoms with Gasteiger partial charge in [-0.1, -0.05) is 54.6 Å². The Morgan fingerprint density at radius 2 is 1.54 bits per heavy atom. The Morgan fingerprint density at radius 3 is 2.22 bits per heavy atom. The van der Waals surface area contributed by atoms with Gasteiger partial charge in [-0.25, -0.2) is 13.4 Å². The molecule has 0 saturated heterocycles. The van der Waals surface area contributed by atoms with Gasteiger partial charge >= 0.3 is 0 Å². The fraction of sp³-hybridized carbons (Fsp3) is 0.0370. The van der Waals surface area contributed by atoms with E-state index < -0.39 is 15.3 Å². The number of hydrogen-bond donors (Lipinski definition) is 2. The highest BCUT2D eigenvalue weighted by Gasteiger charge is 2.23. The van der Waals surface area contributed by atoms with Crippen molar-refractivity contribution in [3.05, 3.63) is 113 Å². The average Bonchev–Trinajstić information content (AvgIpc) is 3.61. The number of sulfonamides is 1. The molecule has 1 amide bonds. The number of rotatable bonds is 9. The van der Waals surface area contributed by atoms with Crippen molar-refractivity contribution in [2.24, 2.45) is 0 Å². The van der Waals surface area contributed by atoms with Crippen molar-refractivity contribution in [2.45, 2.75) is 15.0 Å². The third kappa shape index (κ3) is 6.28. The van der Waals surface area contributed by atoms with Gasteiger partial charge in [0.25, 0.3) is 10.0 Å². The maximum Gasteiger partial charge on any atom is 0.261 e. The predicted octanol–water partition coefficient (Wildman–Crippen LogP) is 7.14. The monoisotopic (exact) mass is 563 g/mol. The number of carbonyl (C=O) groups excluding carboxylic acids is 1. The molecular formula is C27H21N3O3S4. The predicted molar refractivity (Wildman–Crippen MR) is 153 cm³/mol. The number of thiophene rings is 1. The molecule has 0 radical (unpaired) electrons. The van der Waals surface area contributed by atoms with Crippen molar-refractivity contribution in [1.82, 2.24) is 4.98 Å². The second-order valence-corrected chi connectivity index (χ2v) is 12.5. The summed E-state index contributed by atoms with van der Waals surface area (Å²) in [6.45, 7) is 0. The topological polar surface area (TPSA) is 88.2 Å². The van der Waals surface area contributed by atoms with Crippen molar-refractivity contribution >= 4 is 61.2 Å². The Bertz CT molecular complexity index is 1570. The van der Waals surface area contributed by atoms with Crippen molar-refractivity contribution in [3.8, 4) is 10.6 Å². The molecule has 3 aromatic carbocycles. The van der Waals surface area contributed by atoms with Gasteiger partial charge < -0.3 is 5.32 Å². The van der Waals surface area contributed by atoms with Crippen LogP contribution in [0.15, 0.2) is 118 Å². The van der Waals surface area contributed by atoms with E-state index >= 15 is 0 Å². The van der Waals surface area contributed by atoms with Crippen molar-refractivity contribution < 1.29 is 13.2 Å².